The molecule has 0 aliphatic rings. The van der Waals surface area contributed by atoms with E-state index in [9.17, 15) is 4.79 Å². The number of carbonyl (C=O) groups is 1. The van der Waals surface area contributed by atoms with E-state index in [-0.39, 0.29) is 0 Å². The smallest absolute Gasteiger partial charge is 0.331 e. The highest BCUT2D eigenvalue weighted by molar-refractivity contribution is 5.86. The first-order chi connectivity index (χ1) is 6.72. The highest BCUT2D eigenvalue weighted by Crippen LogP contribution is 1.99. The maximum Gasteiger partial charge on any atom is 0.331 e. The summed E-state index contributed by atoms with van der Waals surface area (Å²) in [7, 11) is 0. The van der Waals surface area contributed by atoms with Crippen molar-refractivity contribution in [1.82, 2.24) is 5.32 Å². The van der Waals surface area contributed by atoms with Gasteiger partial charge in [0, 0.05) is 12.1 Å². The van der Waals surface area contributed by atoms with Gasteiger partial charge in [0.2, 0.25) is 0 Å². The van der Waals surface area contributed by atoms with E-state index in [1.807, 2.05) is 6.92 Å². The molecule has 0 fully saturated rings. The summed E-state index contributed by atoms with van der Waals surface area (Å²) in [6.07, 6.45) is 5.96. The molecule has 0 amide bonds. The molecule has 0 aromatic carbocycles. The largest absolute Gasteiger partial charge is 0.478 e. The highest BCUT2D eigenvalue weighted by atomic mass is 16.4. The number of unbranched alkanes of at least 4 members (excludes halogenated alkanes) is 2. The molecule has 3 nitrogen and oxygen atoms in total. The first kappa shape index (κ1) is 13.2. The van der Waals surface area contributed by atoms with Gasteiger partial charge in [-0.15, -0.1) is 0 Å². The van der Waals surface area contributed by atoms with Gasteiger partial charge in [-0.2, -0.15) is 0 Å². The molecule has 2 N–H and O–H groups in total. The lowest BCUT2D eigenvalue weighted by molar-refractivity contribution is -0.132. The molecule has 0 unspecified atom stereocenters. The van der Waals surface area contributed by atoms with E-state index in [0.717, 1.165) is 6.54 Å². The second kappa shape index (κ2) is 8.75. The fourth-order valence-electron chi connectivity index (χ4n) is 1.18. The van der Waals surface area contributed by atoms with Gasteiger partial charge in [0.1, 0.15) is 0 Å². The van der Waals surface area contributed by atoms with E-state index < -0.39 is 5.97 Å². The molecule has 82 valence electrons. The predicted molar refractivity (Wildman–Crippen MR) is 58.4 cm³/mol. The third-order valence-corrected chi connectivity index (χ3v) is 2.11. The second-order valence-corrected chi connectivity index (χ2v) is 3.30. The number of carboxylic acid groups (broad SMARTS) is 1. The van der Waals surface area contributed by atoms with E-state index in [0.29, 0.717) is 18.5 Å². The van der Waals surface area contributed by atoms with Crippen LogP contribution in [0.1, 0.15) is 39.5 Å². The molecule has 0 aliphatic carbocycles. The fraction of sp³-hybridized carbons (Fsp3) is 0.727. The molecule has 0 atom stereocenters. The summed E-state index contributed by atoms with van der Waals surface area (Å²) >= 11 is 0. The normalized spacial score (nSPS) is 11.7. The molecule has 0 saturated carbocycles. The van der Waals surface area contributed by atoms with E-state index in [1.54, 1.807) is 6.08 Å². The van der Waals surface area contributed by atoms with Crippen LogP contribution >= 0.6 is 0 Å². The van der Waals surface area contributed by atoms with Crippen LogP contribution < -0.4 is 5.32 Å². The van der Waals surface area contributed by atoms with Crippen LogP contribution in [-0.4, -0.2) is 24.2 Å². The number of nitrogens with one attached hydrogen (secondary N) is 1. The molecular formula is C11H21NO2. The SMILES string of the molecule is CCCCCNC/C=C(/CC)C(=O)O. The van der Waals surface area contributed by atoms with Crippen LogP contribution in [0, 0.1) is 0 Å². The van der Waals surface area contributed by atoms with Crippen molar-refractivity contribution >= 4 is 5.97 Å². The van der Waals surface area contributed by atoms with Gasteiger partial charge < -0.3 is 10.4 Å². The average Bonchev–Trinajstić information content (AvgIpc) is 2.16. The van der Waals surface area contributed by atoms with Crippen molar-refractivity contribution in [2.45, 2.75) is 39.5 Å². The Labute approximate surface area is 86.2 Å². The Hall–Kier alpha value is -0.830. The summed E-state index contributed by atoms with van der Waals surface area (Å²) < 4.78 is 0. The summed E-state index contributed by atoms with van der Waals surface area (Å²) in [5, 5.41) is 11.9. The Morgan fingerprint density at radius 1 is 1.36 bits per heavy atom. The maximum absolute atomic E-state index is 10.6. The summed E-state index contributed by atoms with van der Waals surface area (Å²) in [6, 6.07) is 0. The van der Waals surface area contributed by atoms with Crippen molar-refractivity contribution in [3.8, 4) is 0 Å². The second-order valence-electron chi connectivity index (χ2n) is 3.30. The van der Waals surface area contributed by atoms with E-state index in [2.05, 4.69) is 12.2 Å². The Bertz CT molecular complexity index is 188. The quantitative estimate of drug-likeness (QED) is 0.465. The lowest BCUT2D eigenvalue weighted by Crippen LogP contribution is -2.16. The zero-order chi connectivity index (χ0) is 10.8. The molecule has 0 rings (SSSR count). The number of carboxylic acids is 1. The van der Waals surface area contributed by atoms with E-state index >= 15 is 0 Å². The fourth-order valence-corrected chi connectivity index (χ4v) is 1.18. The molecule has 0 radical (unpaired) electrons. The van der Waals surface area contributed by atoms with Gasteiger partial charge in [-0.3, -0.25) is 0 Å². The van der Waals surface area contributed by atoms with Gasteiger partial charge in [-0.1, -0.05) is 32.8 Å². The summed E-state index contributed by atoms with van der Waals surface area (Å²) in [5.74, 6) is -0.803. The van der Waals surface area contributed by atoms with Crippen molar-refractivity contribution < 1.29 is 9.90 Å². The van der Waals surface area contributed by atoms with Crippen molar-refractivity contribution in [1.29, 1.82) is 0 Å². The number of aliphatic carboxylic acids is 1. The number of hydrogen-bond acceptors (Lipinski definition) is 2. The molecule has 0 heterocycles. The van der Waals surface area contributed by atoms with Crippen LogP contribution in [0.25, 0.3) is 0 Å². The molecule has 0 saturated heterocycles. The third-order valence-electron chi connectivity index (χ3n) is 2.11. The summed E-state index contributed by atoms with van der Waals surface area (Å²) in [6.45, 7) is 5.66. The molecular weight excluding hydrogens is 178 g/mol. The monoisotopic (exact) mass is 199 g/mol. The molecule has 0 spiro atoms. The summed E-state index contributed by atoms with van der Waals surface area (Å²) in [4.78, 5) is 10.6. The predicted octanol–water partition coefficient (Wildman–Crippen LogP) is 2.19. The minimum atomic E-state index is -0.803. The summed E-state index contributed by atoms with van der Waals surface area (Å²) in [5.41, 5.74) is 0.494. The van der Waals surface area contributed by atoms with Gasteiger partial charge >= 0.3 is 5.97 Å². The van der Waals surface area contributed by atoms with E-state index in [1.165, 1.54) is 19.3 Å². The van der Waals surface area contributed by atoms with Crippen LogP contribution in [0.4, 0.5) is 0 Å². The molecule has 0 aliphatic heterocycles. The standard InChI is InChI=1S/C11H21NO2/c1-3-5-6-8-12-9-7-10(4-2)11(13)14/h7,12H,3-6,8-9H2,1-2H3,(H,13,14)/b10-7-. The zero-order valence-electron chi connectivity index (χ0n) is 9.18. The number of hydrogen-bond donors (Lipinski definition) is 2. The molecule has 0 aromatic heterocycles. The van der Waals surface area contributed by atoms with Crippen molar-refractivity contribution in [2.24, 2.45) is 0 Å². The minimum Gasteiger partial charge on any atom is -0.478 e. The van der Waals surface area contributed by atoms with Gasteiger partial charge in [-0.25, -0.2) is 4.79 Å². The lowest BCUT2D eigenvalue weighted by Gasteiger charge is -2.01. The van der Waals surface area contributed by atoms with Crippen LogP contribution in [0.3, 0.4) is 0 Å². The van der Waals surface area contributed by atoms with Crippen LogP contribution in [0.2, 0.25) is 0 Å². The average molecular weight is 199 g/mol. The van der Waals surface area contributed by atoms with Gasteiger partial charge in [0.15, 0.2) is 0 Å². The Balaban J connectivity index is 3.53. The Kier molecular flexibility index (Phi) is 8.24. The Morgan fingerprint density at radius 3 is 2.57 bits per heavy atom. The molecule has 3 heteroatoms. The Morgan fingerprint density at radius 2 is 2.07 bits per heavy atom. The topological polar surface area (TPSA) is 49.3 Å². The molecule has 0 aromatic rings. The van der Waals surface area contributed by atoms with Gasteiger partial charge in [-0.05, 0) is 19.4 Å². The highest BCUT2D eigenvalue weighted by Gasteiger charge is 2.01. The number of rotatable bonds is 8. The minimum absolute atomic E-state index is 0.494. The van der Waals surface area contributed by atoms with Crippen LogP contribution in [0.5, 0.6) is 0 Å². The van der Waals surface area contributed by atoms with Crippen LogP contribution in [-0.2, 0) is 4.79 Å². The van der Waals surface area contributed by atoms with Crippen molar-refractivity contribution in [3.05, 3.63) is 11.6 Å². The van der Waals surface area contributed by atoms with E-state index in [4.69, 9.17) is 5.11 Å². The van der Waals surface area contributed by atoms with Crippen molar-refractivity contribution in [3.63, 3.8) is 0 Å². The van der Waals surface area contributed by atoms with Gasteiger partial charge in [0.25, 0.3) is 0 Å². The third kappa shape index (κ3) is 6.66. The van der Waals surface area contributed by atoms with Crippen molar-refractivity contribution in [2.75, 3.05) is 13.1 Å². The maximum atomic E-state index is 10.6. The first-order valence-corrected chi connectivity index (χ1v) is 5.35. The lowest BCUT2D eigenvalue weighted by atomic mass is 10.2. The van der Waals surface area contributed by atoms with Gasteiger partial charge in [0.05, 0.1) is 0 Å². The van der Waals surface area contributed by atoms with Crippen LogP contribution in [0.15, 0.2) is 11.6 Å². The first-order valence-electron chi connectivity index (χ1n) is 5.35. The molecule has 0 bridgehead atoms. The molecule has 14 heavy (non-hydrogen) atoms. The zero-order valence-corrected chi connectivity index (χ0v) is 9.18.